The number of amides is 1. The first-order chi connectivity index (χ1) is 13.5. The topological polar surface area (TPSA) is 122 Å². The van der Waals surface area contributed by atoms with Crippen molar-refractivity contribution < 1.29 is 26.4 Å². The second-order valence-electron chi connectivity index (χ2n) is 6.26. The fourth-order valence-electron chi connectivity index (χ4n) is 2.50. The Morgan fingerprint density at radius 1 is 1.07 bits per heavy atom. The predicted octanol–water partition coefficient (Wildman–Crippen LogP) is 1.38. The van der Waals surface area contributed by atoms with E-state index in [2.05, 4.69) is 10.0 Å². The monoisotopic (exact) mass is 441 g/mol. The molecule has 2 rings (SSSR count). The van der Waals surface area contributed by atoms with Gasteiger partial charge in [0.05, 0.1) is 22.6 Å². The number of ether oxygens (including phenoxy) is 1. The molecule has 1 amide bonds. The Balaban J connectivity index is 2.34. The number of sulfonamides is 2. The summed E-state index contributed by atoms with van der Waals surface area (Å²) in [7, 11) is -3.53. The van der Waals surface area contributed by atoms with Gasteiger partial charge in [0, 0.05) is 27.6 Å². The predicted molar refractivity (Wildman–Crippen MR) is 109 cm³/mol. The molecule has 2 N–H and O–H groups in total. The highest BCUT2D eigenvalue weighted by Crippen LogP contribution is 2.27. The van der Waals surface area contributed by atoms with Crippen LogP contribution >= 0.6 is 0 Å². The van der Waals surface area contributed by atoms with Crippen LogP contribution in [0.2, 0.25) is 0 Å². The molecule has 29 heavy (non-hydrogen) atoms. The van der Waals surface area contributed by atoms with Crippen LogP contribution in [0, 0.1) is 0 Å². The number of benzene rings is 2. The first-order valence-corrected chi connectivity index (χ1v) is 11.4. The number of rotatable bonds is 8. The zero-order valence-corrected chi connectivity index (χ0v) is 18.1. The lowest BCUT2D eigenvalue weighted by Crippen LogP contribution is -2.27. The van der Waals surface area contributed by atoms with Gasteiger partial charge in [-0.1, -0.05) is 18.2 Å². The van der Waals surface area contributed by atoms with Crippen molar-refractivity contribution in [2.24, 2.45) is 0 Å². The Morgan fingerprint density at radius 3 is 2.31 bits per heavy atom. The molecule has 0 aliphatic carbocycles. The minimum atomic E-state index is -3.99. The molecule has 0 unspecified atom stereocenters. The molecule has 158 valence electrons. The number of methoxy groups -OCH3 is 1. The first kappa shape index (κ1) is 22.8. The largest absolute Gasteiger partial charge is 0.495 e. The number of hydrogen-bond acceptors (Lipinski definition) is 6. The molecule has 9 nitrogen and oxygen atoms in total. The molecular formula is C18H23N3O6S2. The Labute approximate surface area is 170 Å². The molecule has 0 atom stereocenters. The van der Waals surface area contributed by atoms with Gasteiger partial charge in [0.2, 0.25) is 26.0 Å². The van der Waals surface area contributed by atoms with Gasteiger partial charge in [-0.25, -0.2) is 25.9 Å². The van der Waals surface area contributed by atoms with Crippen molar-refractivity contribution in [2.45, 2.75) is 23.3 Å². The third-order valence-electron chi connectivity index (χ3n) is 3.98. The molecule has 0 aromatic heterocycles. The Kier molecular flexibility index (Phi) is 7.01. The third kappa shape index (κ3) is 5.32. The normalized spacial score (nSPS) is 12.0. The molecule has 0 bridgehead atoms. The van der Waals surface area contributed by atoms with E-state index < -0.39 is 20.0 Å². The van der Waals surface area contributed by atoms with E-state index in [1.165, 1.54) is 58.5 Å². The van der Waals surface area contributed by atoms with Crippen LogP contribution in [0.5, 0.6) is 5.75 Å². The summed E-state index contributed by atoms with van der Waals surface area (Å²) in [6, 6.07) is 10.2. The van der Waals surface area contributed by atoms with Gasteiger partial charge in [0.25, 0.3) is 0 Å². The average molecular weight is 442 g/mol. The van der Waals surface area contributed by atoms with Crippen LogP contribution in [-0.4, -0.2) is 48.3 Å². The fraction of sp³-hybridized carbons (Fsp3) is 0.278. The van der Waals surface area contributed by atoms with Crippen LogP contribution in [0.25, 0.3) is 0 Å². The van der Waals surface area contributed by atoms with Crippen molar-refractivity contribution in [1.82, 2.24) is 9.03 Å². The zero-order valence-electron chi connectivity index (χ0n) is 16.5. The zero-order chi connectivity index (χ0) is 21.8. The Morgan fingerprint density at radius 2 is 1.72 bits per heavy atom. The van der Waals surface area contributed by atoms with E-state index in [-0.39, 0.29) is 27.9 Å². The minimum Gasteiger partial charge on any atom is -0.495 e. The maximum absolute atomic E-state index is 12.7. The lowest BCUT2D eigenvalue weighted by atomic mass is 10.2. The van der Waals surface area contributed by atoms with E-state index in [1.807, 2.05) is 0 Å². The van der Waals surface area contributed by atoms with Gasteiger partial charge in [0.15, 0.2) is 0 Å². The van der Waals surface area contributed by atoms with Crippen LogP contribution < -0.4 is 14.8 Å². The standard InChI is InChI=1S/C18H23N3O6S2/c1-13(22)20-16-11-15(9-10-17(16)27-4)28(23,24)19-12-14-7-5-6-8-18(14)29(25,26)21(2)3/h5-11,19H,12H2,1-4H3,(H,20,22). The molecule has 2 aromatic carbocycles. The van der Waals surface area contributed by atoms with Crippen LogP contribution in [0.1, 0.15) is 12.5 Å². The van der Waals surface area contributed by atoms with Crippen molar-refractivity contribution in [2.75, 3.05) is 26.5 Å². The number of carbonyl (C=O) groups excluding carboxylic acids is 1. The van der Waals surface area contributed by atoms with Crippen molar-refractivity contribution in [3.8, 4) is 5.75 Å². The highest BCUT2D eigenvalue weighted by atomic mass is 32.2. The summed E-state index contributed by atoms with van der Waals surface area (Å²) < 4.78 is 58.9. The number of nitrogens with one attached hydrogen (secondary N) is 2. The average Bonchev–Trinajstić information content (AvgIpc) is 2.66. The molecule has 0 saturated heterocycles. The van der Waals surface area contributed by atoms with Crippen molar-refractivity contribution in [1.29, 1.82) is 0 Å². The molecule has 0 radical (unpaired) electrons. The number of hydrogen-bond donors (Lipinski definition) is 2. The highest BCUT2D eigenvalue weighted by Gasteiger charge is 2.22. The number of nitrogens with zero attached hydrogens (tertiary/aromatic N) is 1. The van der Waals surface area contributed by atoms with E-state index in [9.17, 15) is 21.6 Å². The Hall–Kier alpha value is -2.47. The summed E-state index contributed by atoms with van der Waals surface area (Å²) in [5, 5.41) is 2.51. The van der Waals surface area contributed by atoms with Crippen molar-refractivity contribution in [3.63, 3.8) is 0 Å². The van der Waals surface area contributed by atoms with Crippen molar-refractivity contribution >= 4 is 31.6 Å². The summed E-state index contributed by atoms with van der Waals surface area (Å²) >= 11 is 0. The van der Waals surface area contributed by atoms with Gasteiger partial charge in [-0.2, -0.15) is 0 Å². The summed E-state index contributed by atoms with van der Waals surface area (Å²) in [6.45, 7) is 1.06. The molecule has 0 aliphatic heterocycles. The smallest absolute Gasteiger partial charge is 0.242 e. The van der Waals surface area contributed by atoms with E-state index in [0.29, 0.717) is 11.3 Å². The second kappa shape index (κ2) is 8.91. The lowest BCUT2D eigenvalue weighted by Gasteiger charge is -2.16. The maximum atomic E-state index is 12.7. The quantitative estimate of drug-likeness (QED) is 0.638. The van der Waals surface area contributed by atoms with Gasteiger partial charge in [-0.05, 0) is 29.8 Å². The van der Waals surface area contributed by atoms with E-state index in [0.717, 1.165) is 4.31 Å². The summed E-state index contributed by atoms with van der Waals surface area (Å²) in [5.74, 6) is -0.0739. The maximum Gasteiger partial charge on any atom is 0.242 e. The van der Waals surface area contributed by atoms with E-state index >= 15 is 0 Å². The van der Waals surface area contributed by atoms with Gasteiger partial charge < -0.3 is 10.1 Å². The van der Waals surface area contributed by atoms with Crippen LogP contribution in [0.15, 0.2) is 52.3 Å². The number of anilines is 1. The molecule has 0 spiro atoms. The van der Waals surface area contributed by atoms with Crippen LogP contribution in [0.3, 0.4) is 0 Å². The lowest BCUT2D eigenvalue weighted by molar-refractivity contribution is -0.114. The molecule has 0 aliphatic rings. The van der Waals surface area contributed by atoms with E-state index in [1.54, 1.807) is 12.1 Å². The van der Waals surface area contributed by atoms with Gasteiger partial charge in [0.1, 0.15) is 5.75 Å². The van der Waals surface area contributed by atoms with Gasteiger partial charge in [-0.3, -0.25) is 4.79 Å². The van der Waals surface area contributed by atoms with Crippen LogP contribution in [-0.2, 0) is 31.4 Å². The molecule has 0 heterocycles. The SMILES string of the molecule is COc1ccc(S(=O)(=O)NCc2ccccc2S(=O)(=O)N(C)C)cc1NC(C)=O. The summed E-state index contributed by atoms with van der Waals surface area (Å²) in [4.78, 5) is 11.3. The first-order valence-electron chi connectivity index (χ1n) is 8.45. The molecular weight excluding hydrogens is 418 g/mol. The summed E-state index contributed by atoms with van der Waals surface area (Å²) in [5.41, 5.74) is 0.513. The minimum absolute atomic E-state index is 0.0152. The van der Waals surface area contributed by atoms with Gasteiger partial charge >= 0.3 is 0 Å². The molecule has 0 fully saturated rings. The summed E-state index contributed by atoms with van der Waals surface area (Å²) in [6.07, 6.45) is 0. The fourth-order valence-corrected chi connectivity index (χ4v) is 4.64. The second-order valence-corrected chi connectivity index (χ2v) is 10.2. The molecule has 0 saturated carbocycles. The molecule has 11 heteroatoms. The van der Waals surface area contributed by atoms with Gasteiger partial charge in [-0.15, -0.1) is 0 Å². The highest BCUT2D eigenvalue weighted by molar-refractivity contribution is 7.89. The van der Waals surface area contributed by atoms with E-state index in [4.69, 9.17) is 4.74 Å². The third-order valence-corrected chi connectivity index (χ3v) is 7.29. The Bertz CT molecular complexity index is 1110. The van der Waals surface area contributed by atoms with Crippen molar-refractivity contribution in [3.05, 3.63) is 48.0 Å². The molecule has 2 aromatic rings. The number of carbonyl (C=O) groups is 1. The van der Waals surface area contributed by atoms with Crippen LogP contribution in [0.4, 0.5) is 5.69 Å².